The molecule has 1 aliphatic rings. The number of carbonyl (C=O) groups is 1. The van der Waals surface area contributed by atoms with Gasteiger partial charge in [0, 0.05) is 23.8 Å². The molecule has 1 saturated heterocycles. The fourth-order valence-electron chi connectivity index (χ4n) is 2.76. The van der Waals surface area contributed by atoms with Crippen LogP contribution in [0.2, 0.25) is 0 Å². The number of hydrogen-bond donors (Lipinski definition) is 2. The van der Waals surface area contributed by atoms with Crippen LogP contribution in [-0.4, -0.2) is 36.5 Å². The van der Waals surface area contributed by atoms with Crippen molar-refractivity contribution in [2.45, 2.75) is 39.2 Å². The third kappa shape index (κ3) is 3.97. The zero-order valence-corrected chi connectivity index (χ0v) is 12.5. The van der Waals surface area contributed by atoms with Gasteiger partial charge in [0.1, 0.15) is 0 Å². The van der Waals surface area contributed by atoms with Gasteiger partial charge in [-0.3, -0.25) is 4.79 Å². The molecule has 1 amide bonds. The number of nitrogen functional groups attached to an aromatic ring is 1. The highest BCUT2D eigenvalue weighted by atomic mass is 16.1. The summed E-state index contributed by atoms with van der Waals surface area (Å²) in [5.74, 6) is -0.0284. The number of hydrogen-bond acceptors (Lipinski definition) is 3. The number of carbonyl (C=O) groups excluding carboxylic acids is 1. The van der Waals surface area contributed by atoms with Crippen LogP contribution >= 0.6 is 0 Å². The van der Waals surface area contributed by atoms with Gasteiger partial charge in [-0.05, 0) is 57.5 Å². The summed E-state index contributed by atoms with van der Waals surface area (Å²) in [5.41, 5.74) is 8.02. The molecule has 0 radical (unpaired) electrons. The van der Waals surface area contributed by atoms with Crippen LogP contribution in [0.25, 0.3) is 0 Å². The molecule has 0 bridgehead atoms. The average molecular weight is 275 g/mol. The Hall–Kier alpha value is -1.55. The van der Waals surface area contributed by atoms with Gasteiger partial charge in [0.05, 0.1) is 0 Å². The lowest BCUT2D eigenvalue weighted by Gasteiger charge is -2.29. The number of likely N-dealkylation sites (tertiary alicyclic amines) is 1. The Bertz CT molecular complexity index is 467. The molecule has 1 fully saturated rings. The maximum Gasteiger partial charge on any atom is 0.251 e. The second-order valence-electron chi connectivity index (χ2n) is 5.81. The molecule has 1 aromatic rings. The summed E-state index contributed by atoms with van der Waals surface area (Å²) in [6.45, 7) is 7.22. The zero-order chi connectivity index (χ0) is 14.5. The van der Waals surface area contributed by atoms with E-state index in [2.05, 4.69) is 17.1 Å². The first-order chi connectivity index (χ1) is 9.56. The van der Waals surface area contributed by atoms with Crippen molar-refractivity contribution in [2.75, 3.05) is 25.4 Å². The average Bonchev–Trinajstić information content (AvgIpc) is 2.42. The molecule has 0 spiro atoms. The highest BCUT2D eigenvalue weighted by Crippen LogP contribution is 2.13. The number of nitrogens with one attached hydrogen (secondary N) is 1. The quantitative estimate of drug-likeness (QED) is 0.828. The number of rotatable bonds is 4. The Morgan fingerprint density at radius 1 is 1.35 bits per heavy atom. The summed E-state index contributed by atoms with van der Waals surface area (Å²) in [7, 11) is 0. The first-order valence-corrected chi connectivity index (χ1v) is 7.45. The van der Waals surface area contributed by atoms with Crippen molar-refractivity contribution in [2.24, 2.45) is 0 Å². The molecule has 1 aromatic carbocycles. The van der Waals surface area contributed by atoms with Gasteiger partial charge in [0.25, 0.3) is 5.91 Å². The largest absolute Gasteiger partial charge is 0.399 e. The van der Waals surface area contributed by atoms with Crippen LogP contribution in [0, 0.1) is 6.92 Å². The van der Waals surface area contributed by atoms with Crippen molar-refractivity contribution < 1.29 is 4.79 Å². The van der Waals surface area contributed by atoms with Crippen LogP contribution < -0.4 is 11.1 Å². The third-order valence-corrected chi connectivity index (χ3v) is 3.86. The number of nitrogens with zero attached hydrogens (tertiary/aromatic N) is 1. The lowest BCUT2D eigenvalue weighted by atomic mass is 10.1. The minimum atomic E-state index is -0.0284. The van der Waals surface area contributed by atoms with Crippen LogP contribution in [0.1, 0.15) is 42.1 Å². The minimum absolute atomic E-state index is 0.0284. The van der Waals surface area contributed by atoms with Crippen molar-refractivity contribution in [3.63, 3.8) is 0 Å². The summed E-state index contributed by atoms with van der Waals surface area (Å²) in [5, 5.41) is 3.08. The van der Waals surface area contributed by atoms with Gasteiger partial charge in [-0.25, -0.2) is 0 Å². The van der Waals surface area contributed by atoms with Gasteiger partial charge in [0.2, 0.25) is 0 Å². The lowest BCUT2D eigenvalue weighted by molar-refractivity contribution is 0.0925. The van der Waals surface area contributed by atoms with E-state index in [-0.39, 0.29) is 11.9 Å². The highest BCUT2D eigenvalue weighted by molar-refractivity contribution is 5.96. The van der Waals surface area contributed by atoms with Crippen molar-refractivity contribution in [3.05, 3.63) is 29.3 Å². The molecule has 110 valence electrons. The Morgan fingerprint density at radius 3 is 2.75 bits per heavy atom. The van der Waals surface area contributed by atoms with Crippen LogP contribution in [-0.2, 0) is 0 Å². The van der Waals surface area contributed by atoms with E-state index in [1.54, 1.807) is 6.07 Å². The maximum absolute atomic E-state index is 12.3. The number of benzene rings is 1. The molecule has 4 nitrogen and oxygen atoms in total. The monoisotopic (exact) mass is 275 g/mol. The number of anilines is 1. The van der Waals surface area contributed by atoms with Crippen molar-refractivity contribution in [1.29, 1.82) is 0 Å². The van der Waals surface area contributed by atoms with Gasteiger partial charge in [0.15, 0.2) is 0 Å². The van der Waals surface area contributed by atoms with E-state index in [4.69, 9.17) is 5.73 Å². The van der Waals surface area contributed by atoms with Crippen molar-refractivity contribution in [1.82, 2.24) is 10.2 Å². The van der Waals surface area contributed by atoms with E-state index in [1.807, 2.05) is 19.1 Å². The minimum Gasteiger partial charge on any atom is -0.399 e. The van der Waals surface area contributed by atoms with Crippen molar-refractivity contribution >= 4 is 11.6 Å². The predicted octanol–water partition coefficient (Wildman–Crippen LogP) is 2.18. The van der Waals surface area contributed by atoms with Crippen LogP contribution in [0.5, 0.6) is 0 Å². The Kier molecular flexibility index (Phi) is 5.01. The molecule has 2 rings (SSSR count). The van der Waals surface area contributed by atoms with Gasteiger partial charge in [-0.2, -0.15) is 0 Å². The molecule has 0 aromatic heterocycles. The number of nitrogens with two attached hydrogens (primary N) is 1. The summed E-state index contributed by atoms with van der Waals surface area (Å²) < 4.78 is 0. The molecule has 1 unspecified atom stereocenters. The van der Waals surface area contributed by atoms with Gasteiger partial charge in [-0.15, -0.1) is 0 Å². The highest BCUT2D eigenvalue weighted by Gasteiger charge is 2.16. The summed E-state index contributed by atoms with van der Waals surface area (Å²) >= 11 is 0. The van der Waals surface area contributed by atoms with Gasteiger partial charge in [-0.1, -0.05) is 12.5 Å². The molecular weight excluding hydrogens is 250 g/mol. The fourth-order valence-corrected chi connectivity index (χ4v) is 2.76. The normalized spacial score (nSPS) is 17.7. The third-order valence-electron chi connectivity index (χ3n) is 3.86. The van der Waals surface area contributed by atoms with E-state index in [0.717, 1.165) is 25.2 Å². The molecular formula is C16H25N3O. The standard InChI is InChI=1S/C16H25N3O/c1-12-6-7-14(17)10-15(12)16(20)18-13(2)11-19-8-4-3-5-9-19/h6-7,10,13H,3-5,8-9,11,17H2,1-2H3,(H,18,20). The summed E-state index contributed by atoms with van der Waals surface area (Å²) in [6, 6.07) is 5.61. The van der Waals surface area contributed by atoms with Crippen LogP contribution in [0.3, 0.4) is 0 Å². The number of piperidine rings is 1. The summed E-state index contributed by atoms with van der Waals surface area (Å²) in [4.78, 5) is 14.7. The van der Waals surface area contributed by atoms with Crippen LogP contribution in [0.4, 0.5) is 5.69 Å². The van der Waals surface area contributed by atoms with E-state index in [0.29, 0.717) is 11.3 Å². The second kappa shape index (κ2) is 6.75. The lowest BCUT2D eigenvalue weighted by Crippen LogP contribution is -2.43. The van der Waals surface area contributed by atoms with Crippen LogP contribution in [0.15, 0.2) is 18.2 Å². The molecule has 0 aliphatic carbocycles. The van der Waals surface area contributed by atoms with E-state index in [9.17, 15) is 4.79 Å². The maximum atomic E-state index is 12.3. The zero-order valence-electron chi connectivity index (χ0n) is 12.5. The smallest absolute Gasteiger partial charge is 0.251 e. The van der Waals surface area contributed by atoms with E-state index >= 15 is 0 Å². The van der Waals surface area contributed by atoms with E-state index in [1.165, 1.54) is 19.3 Å². The fraction of sp³-hybridized carbons (Fsp3) is 0.562. The first-order valence-electron chi connectivity index (χ1n) is 7.45. The Labute approximate surface area is 121 Å². The Balaban J connectivity index is 1.91. The van der Waals surface area contributed by atoms with E-state index < -0.39 is 0 Å². The molecule has 0 saturated carbocycles. The van der Waals surface area contributed by atoms with Crippen molar-refractivity contribution in [3.8, 4) is 0 Å². The molecule has 1 atom stereocenters. The Morgan fingerprint density at radius 2 is 2.05 bits per heavy atom. The second-order valence-corrected chi connectivity index (χ2v) is 5.81. The molecule has 20 heavy (non-hydrogen) atoms. The topological polar surface area (TPSA) is 58.4 Å². The molecule has 3 N–H and O–H groups in total. The van der Waals surface area contributed by atoms with Gasteiger partial charge >= 0.3 is 0 Å². The number of amides is 1. The van der Waals surface area contributed by atoms with Gasteiger partial charge < -0.3 is 16.0 Å². The first kappa shape index (κ1) is 14.9. The molecule has 4 heteroatoms. The SMILES string of the molecule is Cc1ccc(N)cc1C(=O)NC(C)CN1CCCCC1. The molecule has 1 aliphatic heterocycles. The molecule has 1 heterocycles. The number of aryl methyl sites for hydroxylation is 1. The predicted molar refractivity (Wildman–Crippen MR) is 82.8 cm³/mol. The summed E-state index contributed by atoms with van der Waals surface area (Å²) in [6.07, 6.45) is 3.88.